The van der Waals surface area contributed by atoms with Gasteiger partial charge < -0.3 is 15.0 Å². The standard InChI is InChI=1S/C17H27N3O2/c1-15(21)18-9-5-6-10-19-11-13-20(14-12-19)16-7-3-4-8-17(16)22-2/h3-4,7-8H,5-6,9-14H2,1-2H3,(H,18,21). The Bertz CT molecular complexity index is 471. The van der Waals surface area contributed by atoms with Gasteiger partial charge >= 0.3 is 0 Å². The number of unbranched alkanes of at least 4 members (excludes halogenated alkanes) is 1. The number of para-hydroxylation sites is 2. The number of anilines is 1. The van der Waals surface area contributed by atoms with E-state index < -0.39 is 0 Å². The Morgan fingerprint density at radius 1 is 1.18 bits per heavy atom. The summed E-state index contributed by atoms with van der Waals surface area (Å²) >= 11 is 0. The smallest absolute Gasteiger partial charge is 0.216 e. The van der Waals surface area contributed by atoms with Crippen LogP contribution in [0.25, 0.3) is 0 Å². The first-order valence-electron chi connectivity index (χ1n) is 8.05. The maximum atomic E-state index is 10.8. The maximum Gasteiger partial charge on any atom is 0.216 e. The Morgan fingerprint density at radius 2 is 1.91 bits per heavy atom. The van der Waals surface area contributed by atoms with Crippen LogP contribution < -0.4 is 15.0 Å². The summed E-state index contributed by atoms with van der Waals surface area (Å²) in [5, 5.41) is 2.84. The van der Waals surface area contributed by atoms with E-state index in [1.165, 1.54) is 5.69 Å². The van der Waals surface area contributed by atoms with Crippen molar-refractivity contribution in [3.8, 4) is 5.75 Å². The molecule has 1 fully saturated rings. The Kier molecular flexibility index (Phi) is 6.52. The van der Waals surface area contributed by atoms with Gasteiger partial charge in [-0.3, -0.25) is 9.69 Å². The lowest BCUT2D eigenvalue weighted by molar-refractivity contribution is -0.118. The SMILES string of the molecule is COc1ccccc1N1CCN(CCCCNC(C)=O)CC1. The first-order valence-corrected chi connectivity index (χ1v) is 8.05. The molecule has 1 aliphatic heterocycles. The molecule has 5 heteroatoms. The first kappa shape index (κ1) is 16.6. The molecule has 1 amide bonds. The highest BCUT2D eigenvalue weighted by atomic mass is 16.5. The van der Waals surface area contributed by atoms with E-state index >= 15 is 0 Å². The van der Waals surface area contributed by atoms with E-state index in [9.17, 15) is 4.79 Å². The molecule has 2 rings (SSSR count). The molecule has 1 saturated heterocycles. The van der Waals surface area contributed by atoms with E-state index in [2.05, 4.69) is 27.2 Å². The summed E-state index contributed by atoms with van der Waals surface area (Å²) in [5.74, 6) is 1.01. The molecule has 1 N–H and O–H groups in total. The van der Waals surface area contributed by atoms with Crippen LogP contribution in [0.1, 0.15) is 19.8 Å². The monoisotopic (exact) mass is 305 g/mol. The van der Waals surface area contributed by atoms with Gasteiger partial charge in [-0.1, -0.05) is 12.1 Å². The lowest BCUT2D eigenvalue weighted by atomic mass is 10.2. The molecule has 122 valence electrons. The van der Waals surface area contributed by atoms with Gasteiger partial charge in [0.2, 0.25) is 5.91 Å². The number of hydrogen-bond donors (Lipinski definition) is 1. The second-order valence-electron chi connectivity index (χ2n) is 5.69. The molecule has 0 atom stereocenters. The summed E-state index contributed by atoms with van der Waals surface area (Å²) in [6.45, 7) is 7.70. The first-order chi connectivity index (χ1) is 10.7. The Balaban J connectivity index is 1.70. The average Bonchev–Trinajstić information content (AvgIpc) is 2.55. The van der Waals surface area contributed by atoms with Crippen LogP contribution in [0.4, 0.5) is 5.69 Å². The van der Waals surface area contributed by atoms with Crippen molar-refractivity contribution < 1.29 is 9.53 Å². The molecular formula is C17H27N3O2. The summed E-state index contributed by atoms with van der Waals surface area (Å²) in [4.78, 5) is 15.7. The zero-order valence-electron chi connectivity index (χ0n) is 13.7. The van der Waals surface area contributed by atoms with Crippen LogP contribution in [0.5, 0.6) is 5.75 Å². The van der Waals surface area contributed by atoms with Gasteiger partial charge in [0, 0.05) is 39.6 Å². The molecule has 0 bridgehead atoms. The lowest BCUT2D eigenvalue weighted by Gasteiger charge is -2.36. The summed E-state index contributed by atoms with van der Waals surface area (Å²) in [5.41, 5.74) is 1.19. The summed E-state index contributed by atoms with van der Waals surface area (Å²) in [6, 6.07) is 8.21. The molecule has 22 heavy (non-hydrogen) atoms. The minimum atomic E-state index is 0.0606. The van der Waals surface area contributed by atoms with Crippen LogP contribution in [-0.4, -0.2) is 57.2 Å². The number of benzene rings is 1. The van der Waals surface area contributed by atoms with Crippen LogP contribution in [0.2, 0.25) is 0 Å². The summed E-state index contributed by atoms with van der Waals surface area (Å²) in [7, 11) is 1.73. The molecule has 5 nitrogen and oxygen atoms in total. The Morgan fingerprint density at radius 3 is 2.59 bits per heavy atom. The van der Waals surface area contributed by atoms with E-state index in [0.717, 1.165) is 57.9 Å². The van der Waals surface area contributed by atoms with Crippen molar-refractivity contribution in [2.75, 3.05) is 51.3 Å². The molecule has 0 aromatic heterocycles. The highest BCUT2D eigenvalue weighted by Gasteiger charge is 2.18. The van der Waals surface area contributed by atoms with Crippen LogP contribution in [0.15, 0.2) is 24.3 Å². The largest absolute Gasteiger partial charge is 0.495 e. The minimum absolute atomic E-state index is 0.0606. The zero-order chi connectivity index (χ0) is 15.8. The van der Waals surface area contributed by atoms with Gasteiger partial charge in [-0.2, -0.15) is 0 Å². The van der Waals surface area contributed by atoms with E-state index in [1.54, 1.807) is 14.0 Å². The molecule has 0 aliphatic carbocycles. The molecule has 1 aliphatic rings. The predicted molar refractivity (Wildman–Crippen MR) is 89.6 cm³/mol. The predicted octanol–water partition coefficient (Wildman–Crippen LogP) is 1.73. The van der Waals surface area contributed by atoms with Crippen molar-refractivity contribution in [2.45, 2.75) is 19.8 Å². The molecule has 0 saturated carbocycles. The van der Waals surface area contributed by atoms with Crippen LogP contribution >= 0.6 is 0 Å². The molecule has 0 unspecified atom stereocenters. The number of hydrogen-bond acceptors (Lipinski definition) is 4. The summed E-state index contributed by atoms with van der Waals surface area (Å²) < 4.78 is 5.45. The van der Waals surface area contributed by atoms with E-state index in [-0.39, 0.29) is 5.91 Å². The zero-order valence-corrected chi connectivity index (χ0v) is 13.7. The third-order valence-electron chi connectivity index (χ3n) is 4.07. The third kappa shape index (κ3) is 4.91. The highest BCUT2D eigenvalue weighted by Crippen LogP contribution is 2.28. The number of carbonyl (C=O) groups is 1. The number of rotatable bonds is 7. The molecule has 1 aromatic carbocycles. The molecule has 1 aromatic rings. The minimum Gasteiger partial charge on any atom is -0.495 e. The van der Waals surface area contributed by atoms with E-state index in [0.29, 0.717) is 0 Å². The fourth-order valence-corrected chi connectivity index (χ4v) is 2.83. The molecular weight excluding hydrogens is 278 g/mol. The van der Waals surface area contributed by atoms with Crippen molar-refractivity contribution in [3.05, 3.63) is 24.3 Å². The van der Waals surface area contributed by atoms with Crippen molar-refractivity contribution in [1.82, 2.24) is 10.2 Å². The van der Waals surface area contributed by atoms with Gasteiger partial charge in [0.1, 0.15) is 5.75 Å². The van der Waals surface area contributed by atoms with Crippen molar-refractivity contribution in [3.63, 3.8) is 0 Å². The van der Waals surface area contributed by atoms with Crippen molar-refractivity contribution in [2.24, 2.45) is 0 Å². The van der Waals surface area contributed by atoms with Crippen LogP contribution in [0, 0.1) is 0 Å². The topological polar surface area (TPSA) is 44.8 Å². The lowest BCUT2D eigenvalue weighted by Crippen LogP contribution is -2.46. The van der Waals surface area contributed by atoms with Crippen LogP contribution in [0.3, 0.4) is 0 Å². The number of piperazine rings is 1. The van der Waals surface area contributed by atoms with Gasteiger partial charge in [0.25, 0.3) is 0 Å². The Labute approximate surface area is 133 Å². The third-order valence-corrected chi connectivity index (χ3v) is 4.07. The quantitative estimate of drug-likeness (QED) is 0.779. The fraction of sp³-hybridized carbons (Fsp3) is 0.588. The normalized spacial score (nSPS) is 15.6. The number of nitrogens with one attached hydrogen (secondary N) is 1. The number of nitrogens with zero attached hydrogens (tertiary/aromatic N) is 2. The van der Waals surface area contributed by atoms with Gasteiger partial charge in [-0.05, 0) is 31.5 Å². The number of carbonyl (C=O) groups excluding carboxylic acids is 1. The molecule has 1 heterocycles. The van der Waals surface area contributed by atoms with E-state index in [4.69, 9.17) is 4.74 Å². The fourth-order valence-electron chi connectivity index (χ4n) is 2.83. The van der Waals surface area contributed by atoms with E-state index in [1.807, 2.05) is 12.1 Å². The van der Waals surface area contributed by atoms with Gasteiger partial charge in [-0.25, -0.2) is 0 Å². The molecule has 0 spiro atoms. The summed E-state index contributed by atoms with van der Waals surface area (Å²) in [6.07, 6.45) is 2.18. The Hall–Kier alpha value is -1.75. The second kappa shape index (κ2) is 8.63. The van der Waals surface area contributed by atoms with Crippen molar-refractivity contribution in [1.29, 1.82) is 0 Å². The van der Waals surface area contributed by atoms with Gasteiger partial charge in [-0.15, -0.1) is 0 Å². The second-order valence-corrected chi connectivity index (χ2v) is 5.69. The van der Waals surface area contributed by atoms with Crippen LogP contribution in [-0.2, 0) is 4.79 Å². The van der Waals surface area contributed by atoms with Gasteiger partial charge in [0.05, 0.1) is 12.8 Å². The number of ether oxygens (including phenoxy) is 1. The van der Waals surface area contributed by atoms with Crippen molar-refractivity contribution >= 4 is 11.6 Å². The average molecular weight is 305 g/mol. The number of amides is 1. The maximum absolute atomic E-state index is 10.8. The number of methoxy groups -OCH3 is 1. The highest BCUT2D eigenvalue weighted by molar-refractivity contribution is 5.72. The van der Waals surface area contributed by atoms with Gasteiger partial charge in [0.15, 0.2) is 0 Å². The molecule has 0 radical (unpaired) electrons.